The lowest BCUT2D eigenvalue weighted by molar-refractivity contribution is 0.110. The highest BCUT2D eigenvalue weighted by molar-refractivity contribution is 4.84. The highest BCUT2D eigenvalue weighted by Gasteiger charge is 2.28. The van der Waals surface area contributed by atoms with Gasteiger partial charge in [-0.05, 0) is 25.7 Å². The van der Waals surface area contributed by atoms with Crippen LogP contribution in [0.25, 0.3) is 0 Å². The Hall–Kier alpha value is -0.0800. The third kappa shape index (κ3) is 2.94. The largest absolute Gasteiger partial charge is 0.329 e. The number of nitrogens with two attached hydrogens (primary N) is 1. The Morgan fingerprint density at radius 2 is 1.27 bits per heavy atom. The van der Waals surface area contributed by atoms with Crippen LogP contribution in [0.15, 0.2) is 0 Å². The summed E-state index contributed by atoms with van der Waals surface area (Å²) in [4.78, 5) is 2.76. The molecule has 0 heterocycles. The van der Waals surface area contributed by atoms with E-state index in [1.807, 2.05) is 0 Å². The van der Waals surface area contributed by atoms with Gasteiger partial charge in [-0.15, -0.1) is 0 Å². The first-order valence-electron chi connectivity index (χ1n) is 6.87. The van der Waals surface area contributed by atoms with Crippen molar-refractivity contribution < 1.29 is 0 Å². The van der Waals surface area contributed by atoms with E-state index in [-0.39, 0.29) is 0 Å². The summed E-state index contributed by atoms with van der Waals surface area (Å²) >= 11 is 0. The Balaban J connectivity index is 1.90. The minimum absolute atomic E-state index is 0.840. The average molecular weight is 210 g/mol. The summed E-state index contributed by atoms with van der Waals surface area (Å²) in [5, 5.41) is 0. The van der Waals surface area contributed by atoms with Crippen LogP contribution in [0.4, 0.5) is 0 Å². The molecule has 2 N–H and O–H groups in total. The smallest absolute Gasteiger partial charge is 0.0110 e. The first-order chi connectivity index (χ1) is 7.42. The van der Waals surface area contributed by atoms with Crippen molar-refractivity contribution in [3.05, 3.63) is 0 Å². The molecule has 2 aliphatic rings. The summed E-state index contributed by atoms with van der Waals surface area (Å²) in [6, 6.07) is 1.74. The lowest BCUT2D eigenvalue weighted by Crippen LogP contribution is -2.45. The van der Waals surface area contributed by atoms with E-state index in [0.717, 1.165) is 25.2 Å². The lowest BCUT2D eigenvalue weighted by atomic mass is 9.93. The fraction of sp³-hybridized carbons (Fsp3) is 1.00. The summed E-state index contributed by atoms with van der Waals surface area (Å²) in [7, 11) is 0. The topological polar surface area (TPSA) is 29.3 Å². The van der Waals surface area contributed by atoms with Crippen LogP contribution in [0.3, 0.4) is 0 Å². The second-order valence-corrected chi connectivity index (χ2v) is 5.26. The van der Waals surface area contributed by atoms with Gasteiger partial charge in [-0.3, -0.25) is 4.90 Å². The minimum atomic E-state index is 0.840. The monoisotopic (exact) mass is 210 g/mol. The van der Waals surface area contributed by atoms with Gasteiger partial charge in [0.1, 0.15) is 0 Å². The van der Waals surface area contributed by atoms with Crippen LogP contribution >= 0.6 is 0 Å². The van der Waals surface area contributed by atoms with E-state index in [0.29, 0.717) is 0 Å². The Kier molecular flexibility index (Phi) is 4.45. The van der Waals surface area contributed by atoms with Crippen LogP contribution in [0.2, 0.25) is 0 Å². The van der Waals surface area contributed by atoms with Gasteiger partial charge in [0, 0.05) is 25.2 Å². The Bertz CT molecular complexity index is 169. The molecule has 15 heavy (non-hydrogen) atoms. The second kappa shape index (κ2) is 5.86. The molecule has 0 radical (unpaired) electrons. The molecule has 0 aromatic carbocycles. The van der Waals surface area contributed by atoms with Crippen LogP contribution in [-0.4, -0.2) is 30.1 Å². The summed E-state index contributed by atoms with van der Waals surface area (Å²) in [6.45, 7) is 1.97. The summed E-state index contributed by atoms with van der Waals surface area (Å²) in [6.07, 6.45) is 12.9. The summed E-state index contributed by atoms with van der Waals surface area (Å²) < 4.78 is 0. The molecule has 0 aromatic heterocycles. The van der Waals surface area contributed by atoms with Crippen LogP contribution in [0.5, 0.6) is 0 Å². The predicted molar refractivity (Wildman–Crippen MR) is 64.9 cm³/mol. The van der Waals surface area contributed by atoms with Crippen LogP contribution in [0, 0.1) is 0 Å². The molecule has 2 saturated carbocycles. The van der Waals surface area contributed by atoms with Crippen molar-refractivity contribution in [1.82, 2.24) is 4.90 Å². The zero-order valence-corrected chi connectivity index (χ0v) is 9.96. The molecule has 2 fully saturated rings. The standard InChI is InChI=1S/C13H26N2/c14-10-11-15(13-8-4-5-9-13)12-6-2-1-3-7-12/h12-13H,1-11,14H2. The normalized spacial score (nSPS) is 25.2. The van der Waals surface area contributed by atoms with Gasteiger partial charge in [0.05, 0.1) is 0 Å². The zero-order chi connectivity index (χ0) is 10.5. The maximum absolute atomic E-state index is 5.76. The molecule has 0 bridgehead atoms. The molecule has 0 atom stereocenters. The lowest BCUT2D eigenvalue weighted by Gasteiger charge is -2.38. The van der Waals surface area contributed by atoms with Gasteiger partial charge < -0.3 is 5.73 Å². The van der Waals surface area contributed by atoms with E-state index in [9.17, 15) is 0 Å². The Morgan fingerprint density at radius 1 is 0.800 bits per heavy atom. The highest BCUT2D eigenvalue weighted by atomic mass is 15.2. The third-order valence-corrected chi connectivity index (χ3v) is 4.22. The number of hydrogen-bond donors (Lipinski definition) is 1. The number of hydrogen-bond acceptors (Lipinski definition) is 2. The van der Waals surface area contributed by atoms with Crippen molar-refractivity contribution in [2.75, 3.05) is 13.1 Å². The Morgan fingerprint density at radius 3 is 1.73 bits per heavy atom. The van der Waals surface area contributed by atoms with Gasteiger partial charge in [-0.1, -0.05) is 32.1 Å². The predicted octanol–water partition coefficient (Wildman–Crippen LogP) is 2.52. The molecular formula is C13H26N2. The molecule has 0 amide bonds. The molecule has 0 unspecified atom stereocenters. The van der Waals surface area contributed by atoms with Crippen molar-refractivity contribution in [2.45, 2.75) is 69.9 Å². The van der Waals surface area contributed by atoms with E-state index in [1.54, 1.807) is 0 Å². The quantitative estimate of drug-likeness (QED) is 0.772. The van der Waals surface area contributed by atoms with Gasteiger partial charge in [-0.25, -0.2) is 0 Å². The fourth-order valence-electron chi connectivity index (χ4n) is 3.46. The molecular weight excluding hydrogens is 184 g/mol. The van der Waals surface area contributed by atoms with E-state index >= 15 is 0 Å². The van der Waals surface area contributed by atoms with Crippen molar-refractivity contribution >= 4 is 0 Å². The van der Waals surface area contributed by atoms with Crippen molar-refractivity contribution in [1.29, 1.82) is 0 Å². The van der Waals surface area contributed by atoms with E-state index in [4.69, 9.17) is 5.73 Å². The molecule has 0 aliphatic heterocycles. The maximum Gasteiger partial charge on any atom is 0.0110 e. The van der Waals surface area contributed by atoms with Crippen LogP contribution < -0.4 is 5.73 Å². The van der Waals surface area contributed by atoms with E-state index in [2.05, 4.69) is 4.90 Å². The maximum atomic E-state index is 5.76. The van der Waals surface area contributed by atoms with E-state index in [1.165, 1.54) is 57.8 Å². The van der Waals surface area contributed by atoms with Gasteiger partial charge in [0.15, 0.2) is 0 Å². The molecule has 0 aromatic rings. The number of rotatable bonds is 4. The molecule has 2 aliphatic carbocycles. The van der Waals surface area contributed by atoms with Crippen molar-refractivity contribution in [3.8, 4) is 0 Å². The van der Waals surface area contributed by atoms with Gasteiger partial charge >= 0.3 is 0 Å². The Labute approximate surface area is 94.2 Å². The molecule has 2 nitrogen and oxygen atoms in total. The van der Waals surface area contributed by atoms with Crippen molar-refractivity contribution in [2.24, 2.45) is 5.73 Å². The minimum Gasteiger partial charge on any atom is -0.329 e. The van der Waals surface area contributed by atoms with Gasteiger partial charge in [0.2, 0.25) is 0 Å². The zero-order valence-electron chi connectivity index (χ0n) is 9.96. The molecule has 0 spiro atoms. The second-order valence-electron chi connectivity index (χ2n) is 5.26. The highest BCUT2D eigenvalue weighted by Crippen LogP contribution is 2.30. The molecule has 0 saturated heterocycles. The molecule has 2 rings (SSSR count). The number of nitrogens with zero attached hydrogens (tertiary/aromatic N) is 1. The fourth-order valence-corrected chi connectivity index (χ4v) is 3.46. The first-order valence-corrected chi connectivity index (χ1v) is 6.87. The van der Waals surface area contributed by atoms with Crippen LogP contribution in [-0.2, 0) is 0 Å². The SMILES string of the molecule is NCCN(C1CCCCC1)C1CCCC1. The van der Waals surface area contributed by atoms with Gasteiger partial charge in [0.25, 0.3) is 0 Å². The molecule has 88 valence electrons. The average Bonchev–Trinajstić information content (AvgIpc) is 2.80. The first kappa shape index (κ1) is 11.4. The third-order valence-electron chi connectivity index (χ3n) is 4.22. The van der Waals surface area contributed by atoms with E-state index < -0.39 is 0 Å². The van der Waals surface area contributed by atoms with Crippen molar-refractivity contribution in [3.63, 3.8) is 0 Å². The summed E-state index contributed by atoms with van der Waals surface area (Å²) in [5.41, 5.74) is 5.76. The summed E-state index contributed by atoms with van der Waals surface area (Å²) in [5.74, 6) is 0. The molecule has 2 heteroatoms. The van der Waals surface area contributed by atoms with Crippen LogP contribution in [0.1, 0.15) is 57.8 Å². The van der Waals surface area contributed by atoms with Gasteiger partial charge in [-0.2, -0.15) is 0 Å².